The fraction of sp³-hybridized carbons (Fsp3) is 0.417. The van der Waals surface area contributed by atoms with Crippen LogP contribution in [-0.4, -0.2) is 57.1 Å². The maximum Gasteiger partial charge on any atom is 0.244 e. The first-order valence-corrected chi connectivity index (χ1v) is 12.9. The Bertz CT molecular complexity index is 1080. The lowest BCUT2D eigenvalue weighted by atomic mass is 10.1. The van der Waals surface area contributed by atoms with Crippen LogP contribution >= 0.6 is 0 Å². The standard InChI is InChI=1S/C24H32FN3O5S/c1-5-15-26-24(30)18(3)27(16-19-11-13-20(25)14-12-19)23(29)17-28(34(4,31)32)21-9-7-8-10-22(21)33-6-2/h7-14,18H,5-6,15-17H2,1-4H3,(H,26,30)/t18-/m1/s1. The minimum atomic E-state index is -3.87. The van der Waals surface area contributed by atoms with Crippen LogP contribution in [0, 0.1) is 5.82 Å². The van der Waals surface area contributed by atoms with E-state index in [1.165, 1.54) is 29.2 Å². The van der Waals surface area contributed by atoms with Crippen molar-refractivity contribution in [2.45, 2.75) is 39.8 Å². The molecule has 2 rings (SSSR count). The normalized spacial score (nSPS) is 12.0. The van der Waals surface area contributed by atoms with Gasteiger partial charge < -0.3 is 15.0 Å². The molecule has 0 aromatic heterocycles. The van der Waals surface area contributed by atoms with Crippen molar-refractivity contribution in [2.75, 3.05) is 30.3 Å². The molecule has 0 aliphatic heterocycles. The number of carbonyl (C=O) groups is 2. The van der Waals surface area contributed by atoms with Gasteiger partial charge in [0, 0.05) is 13.1 Å². The first-order valence-electron chi connectivity index (χ1n) is 11.1. The van der Waals surface area contributed by atoms with Crippen LogP contribution < -0.4 is 14.4 Å². The topological polar surface area (TPSA) is 96.0 Å². The Hall–Kier alpha value is -3.14. The Morgan fingerprint density at radius 1 is 1.09 bits per heavy atom. The second-order valence-corrected chi connectivity index (χ2v) is 9.69. The Labute approximate surface area is 200 Å². The van der Waals surface area contributed by atoms with Gasteiger partial charge in [0.05, 0.1) is 18.6 Å². The molecule has 1 N–H and O–H groups in total. The van der Waals surface area contributed by atoms with Gasteiger partial charge in [-0.1, -0.05) is 31.2 Å². The molecule has 0 radical (unpaired) electrons. The van der Waals surface area contributed by atoms with E-state index in [-0.39, 0.29) is 18.1 Å². The van der Waals surface area contributed by atoms with E-state index in [1.54, 1.807) is 38.1 Å². The zero-order chi connectivity index (χ0) is 25.3. The van der Waals surface area contributed by atoms with Crippen LogP contribution in [0.25, 0.3) is 0 Å². The molecule has 0 aliphatic rings. The quantitative estimate of drug-likeness (QED) is 0.491. The molecule has 186 valence electrons. The first kappa shape index (κ1) is 27.1. The van der Waals surface area contributed by atoms with E-state index in [9.17, 15) is 22.4 Å². The summed E-state index contributed by atoms with van der Waals surface area (Å²) in [6.45, 7) is 5.48. The van der Waals surface area contributed by atoms with E-state index in [4.69, 9.17) is 4.74 Å². The highest BCUT2D eigenvalue weighted by molar-refractivity contribution is 7.92. The van der Waals surface area contributed by atoms with E-state index in [0.29, 0.717) is 24.5 Å². The second-order valence-electron chi connectivity index (χ2n) is 7.79. The minimum Gasteiger partial charge on any atom is -0.492 e. The number of anilines is 1. The molecule has 10 heteroatoms. The average Bonchev–Trinajstić information content (AvgIpc) is 2.80. The highest BCUT2D eigenvalue weighted by Gasteiger charge is 2.31. The number of sulfonamides is 1. The van der Waals surface area contributed by atoms with Crippen LogP contribution in [0.2, 0.25) is 0 Å². The third kappa shape index (κ3) is 7.44. The van der Waals surface area contributed by atoms with Crippen molar-refractivity contribution in [3.8, 4) is 5.75 Å². The van der Waals surface area contributed by atoms with Crippen molar-refractivity contribution in [3.63, 3.8) is 0 Å². The van der Waals surface area contributed by atoms with Crippen LogP contribution in [-0.2, 0) is 26.2 Å². The molecule has 0 aliphatic carbocycles. The highest BCUT2D eigenvalue weighted by Crippen LogP contribution is 2.30. The lowest BCUT2D eigenvalue weighted by Crippen LogP contribution is -2.51. The number of carbonyl (C=O) groups excluding carboxylic acids is 2. The SMILES string of the molecule is CCCNC(=O)[C@@H](C)N(Cc1ccc(F)cc1)C(=O)CN(c1ccccc1OCC)S(C)(=O)=O. The number of benzene rings is 2. The summed E-state index contributed by atoms with van der Waals surface area (Å²) in [6, 6.07) is 11.2. The fourth-order valence-corrected chi connectivity index (χ4v) is 4.15. The van der Waals surface area contributed by atoms with Gasteiger partial charge in [-0.15, -0.1) is 0 Å². The van der Waals surface area contributed by atoms with E-state index in [2.05, 4.69) is 5.32 Å². The summed E-state index contributed by atoms with van der Waals surface area (Å²) >= 11 is 0. The second kappa shape index (κ2) is 12.4. The number of rotatable bonds is 12. The van der Waals surface area contributed by atoms with Gasteiger partial charge in [-0.05, 0) is 50.1 Å². The number of hydrogen-bond donors (Lipinski definition) is 1. The van der Waals surface area contributed by atoms with Gasteiger partial charge in [0.25, 0.3) is 0 Å². The molecular weight excluding hydrogens is 461 g/mol. The largest absolute Gasteiger partial charge is 0.492 e. The molecule has 0 bridgehead atoms. The number of ether oxygens (including phenoxy) is 1. The van der Waals surface area contributed by atoms with E-state index in [0.717, 1.165) is 17.0 Å². The number of nitrogens with zero attached hydrogens (tertiary/aromatic N) is 2. The van der Waals surface area contributed by atoms with Gasteiger partial charge in [0.1, 0.15) is 24.2 Å². The Morgan fingerprint density at radius 2 is 1.74 bits per heavy atom. The molecule has 0 heterocycles. The van der Waals surface area contributed by atoms with Crippen molar-refractivity contribution in [2.24, 2.45) is 0 Å². The average molecular weight is 494 g/mol. The highest BCUT2D eigenvalue weighted by atomic mass is 32.2. The number of amides is 2. The molecule has 0 saturated heterocycles. The molecule has 0 fully saturated rings. The predicted octanol–water partition coefficient (Wildman–Crippen LogP) is 2.93. The van der Waals surface area contributed by atoms with Gasteiger partial charge in [-0.2, -0.15) is 0 Å². The Balaban J connectivity index is 2.40. The lowest BCUT2D eigenvalue weighted by molar-refractivity contribution is -0.139. The summed E-state index contributed by atoms with van der Waals surface area (Å²) in [5.74, 6) is -1.05. The zero-order valence-electron chi connectivity index (χ0n) is 20.0. The molecule has 2 aromatic carbocycles. The molecular formula is C24H32FN3O5S. The van der Waals surface area contributed by atoms with Crippen molar-refractivity contribution >= 4 is 27.5 Å². The van der Waals surface area contributed by atoms with Gasteiger partial charge in [0.2, 0.25) is 21.8 Å². The molecule has 34 heavy (non-hydrogen) atoms. The van der Waals surface area contributed by atoms with Crippen LogP contribution in [0.3, 0.4) is 0 Å². The summed E-state index contributed by atoms with van der Waals surface area (Å²) in [5.41, 5.74) is 0.829. The van der Waals surface area contributed by atoms with Crippen LogP contribution in [0.5, 0.6) is 5.75 Å². The van der Waals surface area contributed by atoms with Crippen molar-refractivity contribution in [1.29, 1.82) is 0 Å². The molecule has 0 saturated carbocycles. The number of hydrogen-bond acceptors (Lipinski definition) is 5. The monoisotopic (exact) mass is 493 g/mol. The first-order chi connectivity index (χ1) is 16.1. The van der Waals surface area contributed by atoms with Crippen LogP contribution in [0.4, 0.5) is 10.1 Å². The van der Waals surface area contributed by atoms with Gasteiger partial charge >= 0.3 is 0 Å². The number of halogens is 1. The molecule has 2 aromatic rings. The number of nitrogens with one attached hydrogen (secondary N) is 1. The predicted molar refractivity (Wildman–Crippen MR) is 130 cm³/mol. The molecule has 8 nitrogen and oxygen atoms in total. The lowest BCUT2D eigenvalue weighted by Gasteiger charge is -2.32. The van der Waals surface area contributed by atoms with Gasteiger partial charge in [-0.3, -0.25) is 13.9 Å². The molecule has 1 atom stereocenters. The fourth-order valence-electron chi connectivity index (χ4n) is 3.30. The van der Waals surface area contributed by atoms with E-state index in [1.807, 2.05) is 6.92 Å². The third-order valence-electron chi connectivity index (χ3n) is 5.10. The maximum absolute atomic E-state index is 13.5. The smallest absolute Gasteiger partial charge is 0.244 e. The van der Waals surface area contributed by atoms with Crippen molar-refractivity contribution in [1.82, 2.24) is 10.2 Å². The molecule has 2 amide bonds. The summed E-state index contributed by atoms with van der Waals surface area (Å²) in [4.78, 5) is 27.4. The van der Waals surface area contributed by atoms with E-state index < -0.39 is 34.3 Å². The maximum atomic E-state index is 13.5. The van der Waals surface area contributed by atoms with Crippen LogP contribution in [0.15, 0.2) is 48.5 Å². The summed E-state index contributed by atoms with van der Waals surface area (Å²) < 4.78 is 45.2. The van der Waals surface area contributed by atoms with Crippen LogP contribution in [0.1, 0.15) is 32.8 Å². The van der Waals surface area contributed by atoms with Crippen molar-refractivity contribution < 1.29 is 27.1 Å². The zero-order valence-corrected chi connectivity index (χ0v) is 20.8. The Morgan fingerprint density at radius 3 is 2.32 bits per heavy atom. The molecule has 0 unspecified atom stereocenters. The summed E-state index contributed by atoms with van der Waals surface area (Å²) in [6.07, 6.45) is 1.73. The van der Waals surface area contributed by atoms with Crippen molar-refractivity contribution in [3.05, 3.63) is 59.9 Å². The van der Waals surface area contributed by atoms with Gasteiger partial charge in [-0.25, -0.2) is 12.8 Å². The molecule has 0 spiro atoms. The third-order valence-corrected chi connectivity index (χ3v) is 6.22. The summed E-state index contributed by atoms with van der Waals surface area (Å²) in [7, 11) is -3.87. The van der Waals surface area contributed by atoms with Gasteiger partial charge in [0.15, 0.2) is 0 Å². The number of para-hydroxylation sites is 2. The summed E-state index contributed by atoms with van der Waals surface area (Å²) in [5, 5.41) is 2.76. The minimum absolute atomic E-state index is 0.00450. The van der Waals surface area contributed by atoms with E-state index >= 15 is 0 Å². The Kier molecular flexibility index (Phi) is 9.85.